The highest BCUT2D eigenvalue weighted by molar-refractivity contribution is 5.89. The van der Waals surface area contributed by atoms with Gasteiger partial charge in [-0.1, -0.05) is 6.07 Å². The van der Waals surface area contributed by atoms with Crippen molar-refractivity contribution in [1.29, 1.82) is 0 Å². The number of rotatable bonds is 2. The van der Waals surface area contributed by atoms with Crippen molar-refractivity contribution in [2.24, 2.45) is 0 Å². The van der Waals surface area contributed by atoms with E-state index in [-0.39, 0.29) is 17.7 Å². The van der Waals surface area contributed by atoms with Gasteiger partial charge in [0.2, 0.25) is 0 Å². The summed E-state index contributed by atoms with van der Waals surface area (Å²) in [6, 6.07) is 11.9. The maximum Gasteiger partial charge on any atom is 0.321 e. The largest absolute Gasteiger partial charge is 0.368 e. The highest BCUT2D eigenvalue weighted by Gasteiger charge is 2.21. The molecule has 1 saturated heterocycles. The summed E-state index contributed by atoms with van der Waals surface area (Å²) in [5.41, 5.74) is 1.38. The molecule has 23 heavy (non-hydrogen) atoms. The predicted molar refractivity (Wildman–Crippen MR) is 85.6 cm³/mol. The Morgan fingerprint density at radius 3 is 2.26 bits per heavy atom. The van der Waals surface area contributed by atoms with Crippen molar-refractivity contribution in [2.45, 2.75) is 0 Å². The maximum atomic E-state index is 13.3. The number of piperazine rings is 1. The minimum absolute atomic E-state index is 0.212. The third-order valence-electron chi connectivity index (χ3n) is 3.84. The second-order valence-electron chi connectivity index (χ2n) is 5.39. The van der Waals surface area contributed by atoms with Crippen LogP contribution in [0.15, 0.2) is 48.5 Å². The summed E-state index contributed by atoms with van der Waals surface area (Å²) in [7, 11) is 0. The summed E-state index contributed by atoms with van der Waals surface area (Å²) in [4.78, 5) is 15.9. The molecule has 0 saturated carbocycles. The molecule has 0 spiro atoms. The third-order valence-corrected chi connectivity index (χ3v) is 3.84. The van der Waals surface area contributed by atoms with Gasteiger partial charge in [0.05, 0.1) is 0 Å². The first-order chi connectivity index (χ1) is 11.1. The van der Waals surface area contributed by atoms with Crippen molar-refractivity contribution in [3.63, 3.8) is 0 Å². The lowest BCUT2D eigenvalue weighted by Gasteiger charge is -2.36. The van der Waals surface area contributed by atoms with Gasteiger partial charge in [0.25, 0.3) is 0 Å². The molecule has 0 bridgehead atoms. The molecule has 0 aliphatic carbocycles. The third kappa shape index (κ3) is 3.77. The quantitative estimate of drug-likeness (QED) is 0.922. The van der Waals surface area contributed by atoms with Gasteiger partial charge in [-0.15, -0.1) is 0 Å². The number of anilines is 2. The minimum Gasteiger partial charge on any atom is -0.368 e. The lowest BCUT2D eigenvalue weighted by atomic mass is 10.2. The zero-order valence-corrected chi connectivity index (χ0v) is 12.5. The number of nitrogens with zero attached hydrogens (tertiary/aromatic N) is 2. The molecule has 120 valence electrons. The van der Waals surface area contributed by atoms with E-state index in [2.05, 4.69) is 5.32 Å². The van der Waals surface area contributed by atoms with Crippen LogP contribution in [-0.4, -0.2) is 37.1 Å². The van der Waals surface area contributed by atoms with Gasteiger partial charge < -0.3 is 15.1 Å². The molecule has 2 aromatic rings. The van der Waals surface area contributed by atoms with Crippen LogP contribution >= 0.6 is 0 Å². The van der Waals surface area contributed by atoms with Gasteiger partial charge in [0.15, 0.2) is 0 Å². The monoisotopic (exact) mass is 317 g/mol. The fourth-order valence-electron chi connectivity index (χ4n) is 2.58. The summed E-state index contributed by atoms with van der Waals surface area (Å²) in [6.07, 6.45) is 0. The average molecular weight is 317 g/mol. The molecule has 6 heteroatoms. The highest BCUT2D eigenvalue weighted by Crippen LogP contribution is 2.18. The Kier molecular flexibility index (Phi) is 4.41. The number of halogens is 2. The molecule has 2 aromatic carbocycles. The molecule has 1 aliphatic heterocycles. The number of amides is 2. The molecule has 2 amide bonds. The number of hydrogen-bond donors (Lipinski definition) is 1. The van der Waals surface area contributed by atoms with Gasteiger partial charge in [0.1, 0.15) is 11.6 Å². The van der Waals surface area contributed by atoms with Crippen molar-refractivity contribution in [2.75, 3.05) is 36.4 Å². The molecule has 0 aromatic heterocycles. The summed E-state index contributed by atoms with van der Waals surface area (Å²) in [6.45, 7) is 2.37. The highest BCUT2D eigenvalue weighted by atomic mass is 19.1. The smallest absolute Gasteiger partial charge is 0.321 e. The molecule has 0 radical (unpaired) electrons. The maximum absolute atomic E-state index is 13.3. The van der Waals surface area contributed by atoms with Crippen molar-refractivity contribution >= 4 is 17.4 Å². The Balaban J connectivity index is 1.56. The fourth-order valence-corrected chi connectivity index (χ4v) is 2.58. The zero-order valence-electron chi connectivity index (χ0n) is 12.5. The molecule has 1 heterocycles. The van der Waals surface area contributed by atoms with Gasteiger partial charge in [-0.25, -0.2) is 13.6 Å². The molecule has 3 rings (SSSR count). The van der Waals surface area contributed by atoms with Crippen LogP contribution in [-0.2, 0) is 0 Å². The van der Waals surface area contributed by atoms with Crippen molar-refractivity contribution < 1.29 is 13.6 Å². The normalized spacial score (nSPS) is 14.7. The first-order valence-corrected chi connectivity index (χ1v) is 7.44. The summed E-state index contributed by atoms with van der Waals surface area (Å²) in [5.74, 6) is -0.606. The Hall–Kier alpha value is -2.63. The first-order valence-electron chi connectivity index (χ1n) is 7.44. The van der Waals surface area contributed by atoms with Crippen molar-refractivity contribution in [1.82, 2.24) is 4.90 Å². The zero-order chi connectivity index (χ0) is 16.2. The van der Waals surface area contributed by atoms with E-state index in [0.717, 1.165) is 5.69 Å². The van der Waals surface area contributed by atoms with E-state index >= 15 is 0 Å². The number of carbonyl (C=O) groups excluding carboxylic acids is 1. The first kappa shape index (κ1) is 15.3. The van der Waals surface area contributed by atoms with Crippen molar-refractivity contribution in [3.05, 3.63) is 60.2 Å². The lowest BCUT2D eigenvalue weighted by Crippen LogP contribution is -2.50. The topological polar surface area (TPSA) is 35.6 Å². The number of hydrogen-bond acceptors (Lipinski definition) is 2. The predicted octanol–water partition coefficient (Wildman–Crippen LogP) is 3.32. The number of benzene rings is 2. The van der Waals surface area contributed by atoms with E-state index in [1.54, 1.807) is 11.0 Å². The van der Waals surface area contributed by atoms with Gasteiger partial charge in [-0.2, -0.15) is 0 Å². The van der Waals surface area contributed by atoms with E-state index in [4.69, 9.17) is 0 Å². The summed E-state index contributed by atoms with van der Waals surface area (Å²) in [5, 5.41) is 2.74. The van der Waals surface area contributed by atoms with Crippen LogP contribution in [0.1, 0.15) is 0 Å². The van der Waals surface area contributed by atoms with Crippen LogP contribution in [0, 0.1) is 11.6 Å². The molecule has 1 aliphatic rings. The molecule has 0 atom stereocenters. The number of urea groups is 1. The Bertz CT molecular complexity index is 682. The molecule has 0 unspecified atom stereocenters. The van der Waals surface area contributed by atoms with Crippen LogP contribution in [0.5, 0.6) is 0 Å². The van der Waals surface area contributed by atoms with Crippen LogP contribution < -0.4 is 10.2 Å². The number of carbonyl (C=O) groups is 1. The Labute approximate surface area is 133 Å². The van der Waals surface area contributed by atoms with E-state index in [1.165, 1.54) is 36.4 Å². The average Bonchev–Trinajstić information content (AvgIpc) is 2.57. The Morgan fingerprint density at radius 1 is 0.913 bits per heavy atom. The number of nitrogens with one attached hydrogen (secondary N) is 1. The van der Waals surface area contributed by atoms with Crippen LogP contribution in [0.3, 0.4) is 0 Å². The van der Waals surface area contributed by atoms with E-state index in [1.807, 2.05) is 11.0 Å². The fraction of sp³-hybridized carbons (Fsp3) is 0.235. The Morgan fingerprint density at radius 2 is 1.61 bits per heavy atom. The van der Waals surface area contributed by atoms with E-state index in [0.29, 0.717) is 31.9 Å². The standard InChI is InChI=1S/C17H17F2N3O/c18-13-4-6-15(7-5-13)20-17(23)22-10-8-21(9-11-22)16-3-1-2-14(19)12-16/h1-7,12H,8-11H2,(H,20,23). The second kappa shape index (κ2) is 6.64. The van der Waals surface area contributed by atoms with Crippen LogP contribution in [0.4, 0.5) is 25.0 Å². The van der Waals surface area contributed by atoms with E-state index in [9.17, 15) is 13.6 Å². The van der Waals surface area contributed by atoms with Gasteiger partial charge in [-0.3, -0.25) is 0 Å². The molecular weight excluding hydrogens is 300 g/mol. The van der Waals surface area contributed by atoms with Crippen LogP contribution in [0.25, 0.3) is 0 Å². The SMILES string of the molecule is O=C(Nc1ccc(F)cc1)N1CCN(c2cccc(F)c2)CC1. The van der Waals surface area contributed by atoms with Crippen LogP contribution in [0.2, 0.25) is 0 Å². The molecule has 4 nitrogen and oxygen atoms in total. The molecule has 1 N–H and O–H groups in total. The van der Waals surface area contributed by atoms with Gasteiger partial charge in [-0.05, 0) is 42.5 Å². The molecular formula is C17H17F2N3O. The summed E-state index contributed by atoms with van der Waals surface area (Å²) < 4.78 is 26.1. The summed E-state index contributed by atoms with van der Waals surface area (Å²) >= 11 is 0. The lowest BCUT2D eigenvalue weighted by molar-refractivity contribution is 0.208. The molecule has 1 fully saturated rings. The van der Waals surface area contributed by atoms with Gasteiger partial charge in [0, 0.05) is 37.6 Å². The second-order valence-corrected chi connectivity index (χ2v) is 5.39. The van der Waals surface area contributed by atoms with Crippen molar-refractivity contribution in [3.8, 4) is 0 Å². The minimum atomic E-state index is -0.341. The van der Waals surface area contributed by atoms with E-state index < -0.39 is 0 Å². The van der Waals surface area contributed by atoms with Gasteiger partial charge >= 0.3 is 6.03 Å².